The summed E-state index contributed by atoms with van der Waals surface area (Å²) in [6, 6.07) is 5.08. The van der Waals surface area contributed by atoms with Gasteiger partial charge in [0.05, 0.1) is 23.0 Å². The molecule has 59 heavy (non-hydrogen) atoms. The molecule has 8 atom stereocenters. The van der Waals surface area contributed by atoms with Crippen molar-refractivity contribution in [3.05, 3.63) is 45.7 Å². The third kappa shape index (κ3) is 8.84. The Morgan fingerprint density at radius 1 is 1.02 bits per heavy atom. The number of aliphatic hydroxyl groups excluding tert-OH is 1. The molecule has 10 heteroatoms. The Hall–Kier alpha value is -2.33. The number of carbonyl (C=O) groups is 3. The Bertz CT molecular complexity index is 1780. The van der Waals surface area contributed by atoms with Crippen molar-refractivity contribution in [2.45, 2.75) is 159 Å². The summed E-state index contributed by atoms with van der Waals surface area (Å²) >= 11 is 6.20. The van der Waals surface area contributed by atoms with Gasteiger partial charge in [0.2, 0.25) is 0 Å². The van der Waals surface area contributed by atoms with Gasteiger partial charge in [-0.3, -0.25) is 19.3 Å². The van der Waals surface area contributed by atoms with Crippen LogP contribution in [0.3, 0.4) is 0 Å². The quantitative estimate of drug-likeness (QED) is 0.159. The van der Waals surface area contributed by atoms with Crippen LogP contribution in [0.1, 0.15) is 145 Å². The number of benzene rings is 1. The van der Waals surface area contributed by atoms with Gasteiger partial charge in [0.25, 0.3) is 0 Å². The molecule has 0 heterocycles. The molecule has 0 bridgehead atoms. The number of ketones is 1. The van der Waals surface area contributed by atoms with Crippen molar-refractivity contribution in [2.75, 3.05) is 33.7 Å². The smallest absolute Gasteiger partial charge is 0.309 e. The van der Waals surface area contributed by atoms with Gasteiger partial charge in [-0.25, -0.2) is 4.39 Å². The van der Waals surface area contributed by atoms with E-state index in [1.54, 1.807) is 32.0 Å². The zero-order valence-electron chi connectivity index (χ0n) is 38.4. The molecule has 0 saturated heterocycles. The molecule has 0 unspecified atom stereocenters. The number of likely N-dealkylation sites (N-methyl/N-ethyl adjacent to an activating group) is 1. The van der Waals surface area contributed by atoms with E-state index in [-0.39, 0.29) is 50.9 Å². The number of carbonyl (C=O) groups excluding carboxylic acids is 2. The first-order valence-electron chi connectivity index (χ1n) is 22.5. The van der Waals surface area contributed by atoms with Gasteiger partial charge in [-0.05, 0) is 125 Å². The number of hydrogen-bond acceptors (Lipinski definition) is 7. The van der Waals surface area contributed by atoms with Crippen molar-refractivity contribution >= 4 is 29.3 Å². The van der Waals surface area contributed by atoms with Crippen molar-refractivity contribution < 1.29 is 33.7 Å². The first kappa shape index (κ1) is 47.7. The number of hydrogen-bond donors (Lipinski definition) is 2. The minimum Gasteiger partial charge on any atom is -0.481 e. The van der Waals surface area contributed by atoms with Gasteiger partial charge in [0.1, 0.15) is 11.9 Å². The van der Waals surface area contributed by atoms with Crippen LogP contribution in [0.4, 0.5) is 4.39 Å². The van der Waals surface area contributed by atoms with E-state index in [0.29, 0.717) is 43.5 Å². The summed E-state index contributed by atoms with van der Waals surface area (Å²) in [7, 11) is 4.02. The van der Waals surface area contributed by atoms with E-state index < -0.39 is 34.7 Å². The van der Waals surface area contributed by atoms with Gasteiger partial charge in [0.15, 0.2) is 5.78 Å². The van der Waals surface area contributed by atoms with Crippen molar-refractivity contribution in [1.82, 2.24) is 9.80 Å². The van der Waals surface area contributed by atoms with E-state index in [1.807, 2.05) is 14.1 Å². The van der Waals surface area contributed by atoms with Crippen LogP contribution in [0.15, 0.2) is 29.3 Å². The minimum atomic E-state index is -1.19. The Kier molecular flexibility index (Phi) is 14.1. The number of carboxylic acids is 1. The second kappa shape index (κ2) is 17.4. The fraction of sp³-hybridized carbons (Fsp3) is 0.776. The number of aliphatic carboxylic acids is 1. The van der Waals surface area contributed by atoms with Gasteiger partial charge >= 0.3 is 11.9 Å². The Balaban J connectivity index is 1.46. The topological polar surface area (TPSA) is 107 Å². The molecule has 2 N–H and O–H groups in total. The first-order chi connectivity index (χ1) is 27.3. The lowest BCUT2D eigenvalue weighted by atomic mass is 9.37. The average Bonchev–Trinajstić information content (AvgIpc) is 3.43. The number of aliphatic hydroxyl groups is 1. The van der Waals surface area contributed by atoms with E-state index in [4.69, 9.17) is 16.3 Å². The van der Waals surface area contributed by atoms with Crippen molar-refractivity contribution in [3.8, 4) is 0 Å². The standard InChI is InChI=1S/C49H76ClFN2O6/c1-13-15-37-47(9)20-19-39(59-40(56)28-44(4,5)43(57)58)45(6,7)36(47)18-21-48(37,10)46(8)22-23-49(27-35(54)41(31(2)3)33(49)26-46)38(55)30-53(25-24-52(11)12)29-32-16-14-17-34(50)42(32)51/h14,16-17,31,36-39,55H,13,15,18-30H2,1-12H3,(H,57,58)/t36-,37+,38-,39-,46+,47-,48+,49+/m0/s1. The van der Waals surface area contributed by atoms with Gasteiger partial charge in [0, 0.05) is 49.0 Å². The molecular weight excluding hydrogens is 767 g/mol. The van der Waals surface area contributed by atoms with Crippen LogP contribution < -0.4 is 0 Å². The largest absolute Gasteiger partial charge is 0.481 e. The predicted octanol–water partition coefficient (Wildman–Crippen LogP) is 10.4. The maximum absolute atomic E-state index is 15.2. The highest BCUT2D eigenvalue weighted by Gasteiger charge is 2.66. The monoisotopic (exact) mass is 843 g/mol. The predicted molar refractivity (Wildman–Crippen MR) is 233 cm³/mol. The van der Waals surface area contributed by atoms with E-state index in [9.17, 15) is 24.6 Å². The summed E-state index contributed by atoms with van der Waals surface area (Å²) in [6.45, 7) is 23.6. The highest BCUT2D eigenvalue weighted by molar-refractivity contribution is 6.30. The number of allylic oxidation sites excluding steroid dienone is 1. The fourth-order valence-corrected chi connectivity index (χ4v) is 13.2. The lowest BCUT2D eigenvalue weighted by Crippen LogP contribution is -2.62. The average molecular weight is 844 g/mol. The molecular formula is C49H76ClFN2O6. The molecule has 8 nitrogen and oxygen atoms in total. The normalized spacial score (nSPS) is 32.7. The second-order valence-corrected chi connectivity index (χ2v) is 22.3. The zero-order chi connectivity index (χ0) is 44.1. The van der Waals surface area contributed by atoms with E-state index in [1.165, 1.54) is 0 Å². The van der Waals surface area contributed by atoms with Crippen LogP contribution in [-0.4, -0.2) is 83.7 Å². The van der Waals surface area contributed by atoms with Crippen molar-refractivity contribution in [1.29, 1.82) is 0 Å². The maximum atomic E-state index is 15.2. The van der Waals surface area contributed by atoms with Gasteiger partial charge < -0.3 is 19.8 Å². The lowest BCUT2D eigenvalue weighted by Gasteiger charge is -2.68. The Morgan fingerprint density at radius 3 is 2.31 bits per heavy atom. The Labute approximate surface area is 360 Å². The number of esters is 1. The Morgan fingerprint density at radius 2 is 1.69 bits per heavy atom. The molecule has 3 fully saturated rings. The number of ether oxygens (including phenoxy) is 1. The number of fused-ring (bicyclic) bond motifs is 2. The summed E-state index contributed by atoms with van der Waals surface area (Å²) in [5, 5.41) is 22.3. The molecule has 3 saturated carbocycles. The van der Waals surface area contributed by atoms with Gasteiger partial charge in [-0.1, -0.05) is 91.1 Å². The number of nitrogens with zero attached hydrogens (tertiary/aromatic N) is 2. The molecule has 5 rings (SSSR count). The van der Waals surface area contributed by atoms with E-state index in [2.05, 4.69) is 65.2 Å². The van der Waals surface area contributed by atoms with Crippen LogP contribution in [0, 0.1) is 56.1 Å². The molecule has 0 amide bonds. The fourth-order valence-electron chi connectivity index (χ4n) is 13.0. The number of rotatable bonds is 16. The highest BCUT2D eigenvalue weighted by Crippen LogP contribution is 2.73. The molecule has 0 spiro atoms. The van der Waals surface area contributed by atoms with Crippen LogP contribution in [0.25, 0.3) is 0 Å². The number of halogens is 2. The summed E-state index contributed by atoms with van der Waals surface area (Å²) in [5.41, 5.74) is 0.191. The van der Waals surface area contributed by atoms with E-state index >= 15 is 4.39 Å². The van der Waals surface area contributed by atoms with Crippen LogP contribution in [0.2, 0.25) is 5.02 Å². The zero-order valence-corrected chi connectivity index (χ0v) is 39.2. The minimum absolute atomic E-state index is 0.0177. The highest BCUT2D eigenvalue weighted by atomic mass is 35.5. The summed E-state index contributed by atoms with van der Waals surface area (Å²) in [5.74, 6) is -0.992. The second-order valence-electron chi connectivity index (χ2n) is 21.9. The molecule has 4 aliphatic rings. The SMILES string of the molecule is CCC[C@@H]1[C@@]2(C)CC[C@H](OC(=O)CC(C)(C)C(=O)O)C(C)(C)[C@@H]2CC[C@@]1(C)[C@]1(C)CC[C@@]2([C@@H](O)CN(CCN(C)C)Cc3cccc(Cl)c3F)CC(=O)C(C(C)C)=C2C1. The van der Waals surface area contributed by atoms with E-state index in [0.717, 1.165) is 75.5 Å². The third-order valence-electron chi connectivity index (χ3n) is 16.7. The molecule has 4 aliphatic carbocycles. The summed E-state index contributed by atoms with van der Waals surface area (Å²) in [4.78, 5) is 43.4. The molecule has 0 aromatic heterocycles. The van der Waals surface area contributed by atoms with Crippen LogP contribution in [-0.2, 0) is 25.7 Å². The van der Waals surface area contributed by atoms with Crippen LogP contribution >= 0.6 is 11.6 Å². The first-order valence-corrected chi connectivity index (χ1v) is 22.8. The summed E-state index contributed by atoms with van der Waals surface area (Å²) < 4.78 is 21.4. The van der Waals surface area contributed by atoms with Crippen molar-refractivity contribution in [3.63, 3.8) is 0 Å². The molecule has 0 radical (unpaired) electrons. The number of Topliss-reactive ketones (excluding diaryl/α,β-unsaturated/α-hetero) is 1. The molecule has 1 aromatic rings. The van der Waals surface area contributed by atoms with Gasteiger partial charge in [-0.15, -0.1) is 0 Å². The van der Waals surface area contributed by atoms with Gasteiger partial charge in [-0.2, -0.15) is 0 Å². The number of carboxylic acid groups (broad SMARTS) is 1. The third-order valence-corrected chi connectivity index (χ3v) is 17.0. The summed E-state index contributed by atoms with van der Waals surface area (Å²) in [6.07, 6.45) is 7.26. The molecule has 332 valence electrons. The molecule has 0 aliphatic heterocycles. The van der Waals surface area contributed by atoms with Crippen LogP contribution in [0.5, 0.6) is 0 Å². The maximum Gasteiger partial charge on any atom is 0.309 e. The lowest BCUT2D eigenvalue weighted by molar-refractivity contribution is -0.214. The molecule has 1 aromatic carbocycles. The van der Waals surface area contributed by atoms with Crippen molar-refractivity contribution in [2.24, 2.45) is 50.2 Å².